The average molecular weight is 478 g/mol. The lowest BCUT2D eigenvalue weighted by atomic mass is 9.98. The number of carboxylic acid groups (broad SMARTS) is 1. The van der Waals surface area contributed by atoms with Crippen LogP contribution in [0.3, 0.4) is 0 Å². The molecule has 0 radical (unpaired) electrons. The van der Waals surface area contributed by atoms with Gasteiger partial charge in [0.1, 0.15) is 12.6 Å². The minimum Gasteiger partial charge on any atom is -0.481 e. The number of ether oxygens (including phenoxy) is 1. The molecular weight excluding hydrogens is 446 g/mol. The largest absolute Gasteiger partial charge is 0.481 e. The molecule has 8 nitrogen and oxygen atoms in total. The van der Waals surface area contributed by atoms with Crippen molar-refractivity contribution in [2.45, 2.75) is 18.4 Å². The van der Waals surface area contributed by atoms with E-state index in [0.717, 1.165) is 22.3 Å². The Kier molecular flexibility index (Phi) is 6.23. The van der Waals surface area contributed by atoms with E-state index in [4.69, 9.17) is 4.74 Å². The number of hydrogen-bond donors (Lipinski definition) is 2. The van der Waals surface area contributed by atoms with Gasteiger partial charge < -0.3 is 25.0 Å². The van der Waals surface area contributed by atoms with E-state index in [1.54, 1.807) is 4.90 Å². The number of amides is 2. The zero-order chi connectivity index (χ0) is 24.7. The number of nitrogens with zero attached hydrogens (tertiary/aromatic N) is 2. The monoisotopic (exact) mass is 477 g/mol. The van der Waals surface area contributed by atoms with Gasteiger partial charge in [-0.25, -0.2) is 4.79 Å². The number of carboxylic acids is 1. The Bertz CT molecular complexity index is 1100. The molecule has 8 heteroatoms. The van der Waals surface area contributed by atoms with Gasteiger partial charge in [0.15, 0.2) is 0 Å². The summed E-state index contributed by atoms with van der Waals surface area (Å²) < 4.78 is 5.65. The number of carbonyl (C=O) groups is 3. The van der Waals surface area contributed by atoms with Crippen molar-refractivity contribution in [2.24, 2.45) is 17.8 Å². The maximum Gasteiger partial charge on any atom is 0.407 e. The van der Waals surface area contributed by atoms with Crippen molar-refractivity contribution in [3.05, 3.63) is 59.7 Å². The molecule has 2 N–H and O–H groups in total. The summed E-state index contributed by atoms with van der Waals surface area (Å²) in [5, 5.41) is 12.1. The van der Waals surface area contributed by atoms with Gasteiger partial charge in [0, 0.05) is 25.6 Å². The van der Waals surface area contributed by atoms with Crippen molar-refractivity contribution < 1.29 is 24.2 Å². The van der Waals surface area contributed by atoms with Crippen LogP contribution in [0.25, 0.3) is 11.1 Å². The Morgan fingerprint density at radius 1 is 1.06 bits per heavy atom. The minimum absolute atomic E-state index is 0.0136. The van der Waals surface area contributed by atoms with Crippen LogP contribution in [0.4, 0.5) is 4.79 Å². The maximum atomic E-state index is 13.3. The number of benzene rings is 2. The first kappa shape index (κ1) is 23.4. The van der Waals surface area contributed by atoms with Gasteiger partial charge in [0.05, 0.1) is 5.92 Å². The second-order valence-electron chi connectivity index (χ2n) is 10.0. The number of fused-ring (bicyclic) bond motifs is 4. The minimum atomic E-state index is -0.782. The molecule has 1 saturated heterocycles. The maximum absolute atomic E-state index is 13.3. The molecule has 5 rings (SSSR count). The highest BCUT2D eigenvalue weighted by molar-refractivity contribution is 5.86. The number of alkyl carbamates (subject to hydrolysis) is 1. The molecule has 0 aromatic heterocycles. The number of rotatable bonds is 7. The van der Waals surface area contributed by atoms with Crippen molar-refractivity contribution in [2.75, 3.05) is 40.3 Å². The van der Waals surface area contributed by atoms with E-state index < -0.39 is 18.1 Å². The van der Waals surface area contributed by atoms with Gasteiger partial charge in [-0.05, 0) is 54.6 Å². The van der Waals surface area contributed by atoms with Crippen LogP contribution < -0.4 is 5.32 Å². The number of aliphatic carboxylic acids is 1. The topological polar surface area (TPSA) is 99.2 Å². The normalized spacial score (nSPS) is 23.2. The third-order valence-corrected chi connectivity index (χ3v) is 7.57. The first-order chi connectivity index (χ1) is 16.8. The summed E-state index contributed by atoms with van der Waals surface area (Å²) in [4.78, 5) is 41.0. The molecule has 2 fully saturated rings. The molecule has 3 aliphatic rings. The van der Waals surface area contributed by atoms with E-state index in [9.17, 15) is 19.5 Å². The molecule has 35 heavy (non-hydrogen) atoms. The standard InChI is InChI=1S/C27H31N3O5/c1-29(2)14-23(25(31)30-12-11-20-21(13-30)24(20)26(32)33)28-27(34)35-15-22-18-9-5-3-7-16(18)17-8-4-6-10-19(17)22/h3-10,20-24H,11-15H2,1-2H3,(H,28,34)(H,32,33)/t20-,21+,23?,24?/m0/s1. The molecule has 2 aromatic carbocycles. The Morgan fingerprint density at radius 3 is 2.29 bits per heavy atom. The molecule has 184 valence electrons. The highest BCUT2D eigenvalue weighted by Crippen LogP contribution is 2.51. The van der Waals surface area contributed by atoms with E-state index in [1.165, 1.54) is 0 Å². The van der Waals surface area contributed by atoms with Crippen molar-refractivity contribution >= 4 is 18.0 Å². The second kappa shape index (κ2) is 9.34. The quantitative estimate of drug-likeness (QED) is 0.636. The van der Waals surface area contributed by atoms with Gasteiger partial charge in [-0.1, -0.05) is 48.5 Å². The lowest BCUT2D eigenvalue weighted by molar-refractivity contribution is -0.139. The van der Waals surface area contributed by atoms with E-state index in [1.807, 2.05) is 43.3 Å². The van der Waals surface area contributed by atoms with Gasteiger partial charge in [0.25, 0.3) is 0 Å². The zero-order valence-corrected chi connectivity index (χ0v) is 20.0. The van der Waals surface area contributed by atoms with Crippen molar-refractivity contribution in [3.63, 3.8) is 0 Å². The summed E-state index contributed by atoms with van der Waals surface area (Å²) in [6.45, 7) is 1.45. The average Bonchev–Trinajstić information content (AvgIpc) is 3.49. The van der Waals surface area contributed by atoms with Crippen LogP contribution in [0.1, 0.15) is 23.5 Å². The van der Waals surface area contributed by atoms with Crippen LogP contribution in [0.2, 0.25) is 0 Å². The van der Waals surface area contributed by atoms with Crippen LogP contribution >= 0.6 is 0 Å². The second-order valence-corrected chi connectivity index (χ2v) is 10.0. The summed E-state index contributed by atoms with van der Waals surface area (Å²) in [6.07, 6.45) is 0.0595. The SMILES string of the molecule is CN(C)CC(NC(=O)OCC1c2ccccc2-c2ccccc21)C(=O)N1CC[C@@H]2C(C(=O)O)[C@@H]2C1. The molecule has 4 atom stereocenters. The Hall–Kier alpha value is -3.39. The van der Waals surface area contributed by atoms with Crippen LogP contribution in [0.15, 0.2) is 48.5 Å². The van der Waals surface area contributed by atoms with E-state index in [2.05, 4.69) is 29.6 Å². The Morgan fingerprint density at radius 2 is 1.69 bits per heavy atom. The van der Waals surface area contributed by atoms with Crippen LogP contribution in [-0.4, -0.2) is 79.3 Å². The number of carbonyl (C=O) groups excluding carboxylic acids is 2. The van der Waals surface area contributed by atoms with Gasteiger partial charge in [-0.2, -0.15) is 0 Å². The van der Waals surface area contributed by atoms with Crippen molar-refractivity contribution in [1.82, 2.24) is 15.1 Å². The van der Waals surface area contributed by atoms with Gasteiger partial charge in [0.2, 0.25) is 5.91 Å². The highest BCUT2D eigenvalue weighted by Gasteiger charge is 2.57. The summed E-state index contributed by atoms with van der Waals surface area (Å²) >= 11 is 0. The number of likely N-dealkylation sites (tertiary alicyclic amines) is 1. The van der Waals surface area contributed by atoms with E-state index in [0.29, 0.717) is 26.1 Å². The number of hydrogen-bond acceptors (Lipinski definition) is 5. The molecule has 2 amide bonds. The molecule has 1 saturated carbocycles. The van der Waals surface area contributed by atoms with Crippen LogP contribution in [0.5, 0.6) is 0 Å². The van der Waals surface area contributed by atoms with Crippen LogP contribution in [0, 0.1) is 17.8 Å². The fourth-order valence-electron chi connectivity index (χ4n) is 5.86. The van der Waals surface area contributed by atoms with Gasteiger partial charge in [-0.15, -0.1) is 0 Å². The zero-order valence-electron chi connectivity index (χ0n) is 20.0. The van der Waals surface area contributed by atoms with Gasteiger partial charge >= 0.3 is 12.1 Å². The number of nitrogens with one attached hydrogen (secondary N) is 1. The molecule has 1 heterocycles. The highest BCUT2D eigenvalue weighted by atomic mass is 16.5. The smallest absolute Gasteiger partial charge is 0.407 e. The Labute approximate surface area is 204 Å². The predicted molar refractivity (Wildman–Crippen MR) is 130 cm³/mol. The lowest BCUT2D eigenvalue weighted by Crippen LogP contribution is -2.54. The third kappa shape index (κ3) is 4.50. The fourth-order valence-corrected chi connectivity index (χ4v) is 5.86. The molecular formula is C27H31N3O5. The summed E-state index contributed by atoms with van der Waals surface area (Å²) in [6, 6.07) is 15.5. The molecule has 2 aliphatic carbocycles. The first-order valence-electron chi connectivity index (χ1n) is 12.1. The first-order valence-corrected chi connectivity index (χ1v) is 12.1. The number of piperidine rings is 1. The molecule has 1 aliphatic heterocycles. The molecule has 0 spiro atoms. The Balaban J connectivity index is 1.23. The van der Waals surface area contributed by atoms with Crippen LogP contribution in [-0.2, 0) is 14.3 Å². The summed E-state index contributed by atoms with van der Waals surface area (Å²) in [7, 11) is 3.68. The lowest BCUT2D eigenvalue weighted by Gasteiger charge is -2.31. The number of likely N-dealkylation sites (N-methyl/N-ethyl adjacent to an activating group) is 1. The third-order valence-electron chi connectivity index (χ3n) is 7.57. The van der Waals surface area contributed by atoms with Gasteiger partial charge in [-0.3, -0.25) is 9.59 Å². The molecule has 2 aromatic rings. The summed E-state index contributed by atoms with van der Waals surface area (Å²) in [5.74, 6) is -1.20. The molecule has 0 bridgehead atoms. The van der Waals surface area contributed by atoms with Crippen molar-refractivity contribution in [3.8, 4) is 11.1 Å². The van der Waals surface area contributed by atoms with E-state index in [-0.39, 0.29) is 36.2 Å². The fraction of sp³-hybridized carbons (Fsp3) is 0.444. The summed E-state index contributed by atoms with van der Waals surface area (Å²) in [5.41, 5.74) is 4.56. The van der Waals surface area contributed by atoms with Crippen molar-refractivity contribution in [1.29, 1.82) is 0 Å². The molecule has 2 unspecified atom stereocenters. The predicted octanol–water partition coefficient (Wildman–Crippen LogP) is 2.63. The van der Waals surface area contributed by atoms with E-state index >= 15 is 0 Å².